The van der Waals surface area contributed by atoms with Crippen LogP contribution in [-0.4, -0.2) is 41.0 Å². The lowest BCUT2D eigenvalue weighted by molar-refractivity contribution is 0.0683. The van der Waals surface area contributed by atoms with E-state index >= 15 is 0 Å². The summed E-state index contributed by atoms with van der Waals surface area (Å²) < 4.78 is 28.1. The highest BCUT2D eigenvalue weighted by atomic mass is 32.2. The van der Waals surface area contributed by atoms with E-state index in [0.29, 0.717) is 6.42 Å². The van der Waals surface area contributed by atoms with Gasteiger partial charge in [-0.1, -0.05) is 6.92 Å². The normalized spacial score (nSPS) is 13.1. The SMILES string of the molecule is CCC(C)(C)N(C)S(=O)(=O)c1cc(C(=O)O)n(C(C)C)c1. The number of sulfonamides is 1. The van der Waals surface area contributed by atoms with E-state index in [2.05, 4.69) is 0 Å². The number of nitrogens with zero attached hydrogens (tertiary/aromatic N) is 2. The van der Waals surface area contributed by atoms with Gasteiger partial charge in [-0.3, -0.25) is 0 Å². The largest absolute Gasteiger partial charge is 0.477 e. The second kappa shape index (κ2) is 5.81. The summed E-state index contributed by atoms with van der Waals surface area (Å²) in [5.41, 5.74) is -0.561. The minimum absolute atomic E-state index is 0.0117. The third kappa shape index (κ3) is 3.29. The molecule has 0 bridgehead atoms. The smallest absolute Gasteiger partial charge is 0.352 e. The molecule has 0 radical (unpaired) electrons. The minimum atomic E-state index is -3.73. The fourth-order valence-electron chi connectivity index (χ4n) is 1.90. The summed E-state index contributed by atoms with van der Waals surface area (Å²) >= 11 is 0. The van der Waals surface area contributed by atoms with Crippen molar-refractivity contribution in [3.05, 3.63) is 18.0 Å². The Morgan fingerprint density at radius 1 is 1.43 bits per heavy atom. The first-order chi connectivity index (χ1) is 9.45. The Labute approximate surface area is 126 Å². The third-order valence-corrected chi connectivity index (χ3v) is 6.01. The van der Waals surface area contributed by atoms with Crippen LogP contribution in [0.4, 0.5) is 0 Å². The summed E-state index contributed by atoms with van der Waals surface area (Å²) in [7, 11) is -2.21. The molecule has 0 aliphatic heterocycles. The molecule has 0 spiro atoms. The first-order valence-electron chi connectivity index (χ1n) is 6.89. The standard InChI is InChI=1S/C14H24N2O4S/c1-7-14(4,5)15(6)21(19,20)11-8-12(13(17)18)16(9-11)10(2)3/h8-10H,7H2,1-6H3,(H,17,18). The minimum Gasteiger partial charge on any atom is -0.477 e. The maximum Gasteiger partial charge on any atom is 0.352 e. The van der Waals surface area contributed by atoms with Crippen LogP contribution in [0, 0.1) is 0 Å². The van der Waals surface area contributed by atoms with Gasteiger partial charge in [0.25, 0.3) is 0 Å². The van der Waals surface area contributed by atoms with Gasteiger partial charge in [-0.15, -0.1) is 0 Å². The van der Waals surface area contributed by atoms with Crippen LogP contribution >= 0.6 is 0 Å². The molecule has 0 aromatic carbocycles. The first kappa shape index (κ1) is 17.7. The molecule has 0 saturated heterocycles. The Kier molecular flexibility index (Phi) is 4.90. The average molecular weight is 316 g/mol. The molecule has 0 aliphatic rings. The van der Waals surface area contributed by atoms with Crippen molar-refractivity contribution in [3.8, 4) is 0 Å². The second-order valence-corrected chi connectivity index (χ2v) is 7.97. The van der Waals surface area contributed by atoms with E-state index in [4.69, 9.17) is 0 Å². The predicted octanol–water partition coefficient (Wildman–Crippen LogP) is 2.58. The summed E-state index contributed by atoms with van der Waals surface area (Å²) in [6.07, 6.45) is 2.05. The molecular formula is C14H24N2O4S. The summed E-state index contributed by atoms with van der Waals surface area (Å²) in [5.74, 6) is -1.14. The highest BCUT2D eigenvalue weighted by molar-refractivity contribution is 7.89. The number of hydrogen-bond donors (Lipinski definition) is 1. The molecule has 21 heavy (non-hydrogen) atoms. The number of aromatic carboxylic acids is 1. The van der Waals surface area contributed by atoms with E-state index in [0.717, 1.165) is 0 Å². The number of rotatable bonds is 6. The Balaban J connectivity index is 3.40. The number of carboxylic acid groups (broad SMARTS) is 1. The van der Waals surface area contributed by atoms with Gasteiger partial charge in [0.1, 0.15) is 10.6 Å². The fraction of sp³-hybridized carbons (Fsp3) is 0.643. The molecule has 0 amide bonds. The highest BCUT2D eigenvalue weighted by Gasteiger charge is 2.34. The van der Waals surface area contributed by atoms with Crippen LogP contribution in [0.1, 0.15) is 57.6 Å². The summed E-state index contributed by atoms with van der Waals surface area (Å²) in [6, 6.07) is 1.09. The first-order valence-corrected chi connectivity index (χ1v) is 8.33. The Hall–Kier alpha value is -1.34. The van der Waals surface area contributed by atoms with Crippen LogP contribution in [0.2, 0.25) is 0 Å². The molecule has 7 heteroatoms. The molecule has 1 aromatic heterocycles. The van der Waals surface area contributed by atoms with Crippen molar-refractivity contribution >= 4 is 16.0 Å². The second-order valence-electron chi connectivity index (χ2n) is 6.01. The van der Waals surface area contributed by atoms with Crippen molar-refractivity contribution < 1.29 is 18.3 Å². The van der Waals surface area contributed by atoms with E-state index in [1.807, 2.05) is 34.6 Å². The van der Waals surface area contributed by atoms with E-state index in [9.17, 15) is 18.3 Å². The van der Waals surface area contributed by atoms with Gasteiger partial charge in [-0.05, 0) is 40.2 Å². The van der Waals surface area contributed by atoms with Crippen LogP contribution in [0.15, 0.2) is 17.2 Å². The molecule has 120 valence electrons. The Bertz CT molecular complexity index is 629. The van der Waals surface area contributed by atoms with Crippen LogP contribution in [0.25, 0.3) is 0 Å². The Morgan fingerprint density at radius 3 is 2.29 bits per heavy atom. The lowest BCUT2D eigenvalue weighted by Crippen LogP contribution is -2.44. The van der Waals surface area contributed by atoms with Crippen molar-refractivity contribution in [2.24, 2.45) is 0 Å². The van der Waals surface area contributed by atoms with Gasteiger partial charge < -0.3 is 9.67 Å². The topological polar surface area (TPSA) is 79.6 Å². The van der Waals surface area contributed by atoms with Gasteiger partial charge in [-0.25, -0.2) is 13.2 Å². The molecule has 0 aliphatic carbocycles. The van der Waals surface area contributed by atoms with Crippen LogP contribution in [0.5, 0.6) is 0 Å². The van der Waals surface area contributed by atoms with Crippen LogP contribution in [0.3, 0.4) is 0 Å². The zero-order chi connectivity index (χ0) is 16.6. The maximum atomic E-state index is 12.7. The fourth-order valence-corrected chi connectivity index (χ4v) is 3.50. The van der Waals surface area contributed by atoms with E-state index < -0.39 is 21.5 Å². The van der Waals surface area contributed by atoms with Crippen LogP contribution < -0.4 is 0 Å². The van der Waals surface area contributed by atoms with Gasteiger partial charge >= 0.3 is 5.97 Å². The number of hydrogen-bond acceptors (Lipinski definition) is 3. The molecule has 1 N–H and O–H groups in total. The molecule has 0 atom stereocenters. The quantitative estimate of drug-likeness (QED) is 0.874. The number of aromatic nitrogens is 1. The van der Waals surface area contributed by atoms with E-state index in [1.165, 1.54) is 28.2 Å². The number of carbonyl (C=O) groups is 1. The molecule has 6 nitrogen and oxygen atoms in total. The van der Waals surface area contributed by atoms with Crippen molar-refractivity contribution in [1.82, 2.24) is 8.87 Å². The lowest BCUT2D eigenvalue weighted by atomic mass is 10.0. The van der Waals surface area contributed by atoms with Crippen molar-refractivity contribution in [3.63, 3.8) is 0 Å². The molecule has 0 unspecified atom stereocenters. The molecule has 0 fully saturated rings. The molecule has 0 saturated carbocycles. The van der Waals surface area contributed by atoms with Gasteiger partial charge in [0.05, 0.1) is 0 Å². The zero-order valence-corrected chi connectivity index (χ0v) is 14.2. The lowest BCUT2D eigenvalue weighted by Gasteiger charge is -2.33. The summed E-state index contributed by atoms with van der Waals surface area (Å²) in [4.78, 5) is 11.3. The molecule has 1 rings (SSSR count). The van der Waals surface area contributed by atoms with Crippen molar-refractivity contribution in [1.29, 1.82) is 0 Å². The monoisotopic (exact) mass is 316 g/mol. The average Bonchev–Trinajstić information content (AvgIpc) is 2.83. The van der Waals surface area contributed by atoms with Gasteiger partial charge in [0.2, 0.25) is 10.0 Å². The van der Waals surface area contributed by atoms with Crippen molar-refractivity contribution in [2.75, 3.05) is 7.05 Å². The Morgan fingerprint density at radius 2 is 1.95 bits per heavy atom. The molecular weight excluding hydrogens is 292 g/mol. The van der Waals surface area contributed by atoms with Gasteiger partial charge in [-0.2, -0.15) is 4.31 Å². The van der Waals surface area contributed by atoms with E-state index in [1.54, 1.807) is 0 Å². The van der Waals surface area contributed by atoms with Crippen molar-refractivity contribution in [2.45, 2.75) is 57.5 Å². The maximum absolute atomic E-state index is 12.7. The predicted molar refractivity (Wildman–Crippen MR) is 81.1 cm³/mol. The highest BCUT2D eigenvalue weighted by Crippen LogP contribution is 2.27. The van der Waals surface area contributed by atoms with Gasteiger partial charge in [0, 0.05) is 24.8 Å². The summed E-state index contributed by atoms with van der Waals surface area (Å²) in [5, 5.41) is 9.21. The molecule has 1 heterocycles. The van der Waals surface area contributed by atoms with E-state index in [-0.39, 0.29) is 16.6 Å². The summed E-state index contributed by atoms with van der Waals surface area (Å²) in [6.45, 7) is 9.20. The van der Waals surface area contributed by atoms with Gasteiger partial charge in [0.15, 0.2) is 0 Å². The van der Waals surface area contributed by atoms with Crippen LogP contribution in [-0.2, 0) is 10.0 Å². The number of carboxylic acids is 1. The third-order valence-electron chi connectivity index (χ3n) is 3.98. The zero-order valence-electron chi connectivity index (χ0n) is 13.4. The molecule has 1 aromatic rings.